The van der Waals surface area contributed by atoms with Crippen molar-refractivity contribution in [1.29, 1.82) is 0 Å². The lowest BCUT2D eigenvalue weighted by Gasteiger charge is -2.48. The molecule has 5 saturated heterocycles. The molecule has 3 amide bonds. The standard InChI is InChI=1S/C52H53ClN6O12S/c1-27(46(53)47(28(2)50(65)66)70-25-44(61)62)30-7-5-8-32(20-30)54-33-17-18-58(52(3,4)22-33)72(67,68)26-29-11-15-41-38(19-29)55-51(71-41)57-23-31-24-69-43(57)21-37(31)34-12-13-39-45-35(34)9-6-10-36(45)49(64)59(39)40-14-16-42(60)56-48(40)63/h5-13,15,19-20,31,33,37,40,43,54H,14,16-18,21-26H2,1-4H3,(H,61,62)(H,65,66)(H,56,60,63)/b46-27-,47-28-. The van der Waals surface area contributed by atoms with Gasteiger partial charge in [0.05, 0.1) is 28.7 Å². The van der Waals surface area contributed by atoms with Crippen molar-refractivity contribution >= 4 is 96.1 Å². The lowest BCUT2D eigenvalue weighted by atomic mass is 9.76. The first-order valence-corrected chi connectivity index (χ1v) is 25.8. The van der Waals surface area contributed by atoms with E-state index in [1.54, 1.807) is 47.6 Å². The van der Waals surface area contributed by atoms with E-state index >= 15 is 0 Å². The van der Waals surface area contributed by atoms with Gasteiger partial charge in [0.25, 0.3) is 11.9 Å². The van der Waals surface area contributed by atoms with Crippen molar-refractivity contribution in [3.8, 4) is 0 Å². The molecule has 0 aliphatic carbocycles. The first-order chi connectivity index (χ1) is 34.3. The lowest BCUT2D eigenvalue weighted by molar-refractivity contribution is -0.141. The molecule has 2 bridgehead atoms. The number of allylic oxidation sites excluding steroid dienone is 2. The minimum Gasteiger partial charge on any atom is -0.480 e. The number of carboxylic acid groups (broad SMARTS) is 2. The number of ether oxygens (including phenoxy) is 2. The maximum absolute atomic E-state index is 14.2. The molecule has 7 heterocycles. The number of anilines is 3. The average molecular weight is 1020 g/mol. The van der Waals surface area contributed by atoms with Crippen LogP contribution in [0.1, 0.15) is 92.8 Å². The zero-order chi connectivity index (χ0) is 51.0. The number of carboxylic acids is 2. The SMILES string of the molecule is C/C(C(=O)O)=C(OCC(=O)O)\C(Cl)=C(/C)c1cccc(NC2CCN(S(=O)(=O)Cc3ccc4oc(N5CC6COC5CC6c5ccc6c7c(cccc57)C(=O)N6C5CCC(=O)NC5=O)nc4c3)C(C)(C)C2)c1. The maximum Gasteiger partial charge on any atom is 0.341 e. The molecule has 11 rings (SSSR count). The number of hydrogen-bond acceptors (Lipinski definition) is 13. The number of carbonyl (C=O) groups is 5. The fourth-order valence-electron chi connectivity index (χ4n) is 11.2. The van der Waals surface area contributed by atoms with E-state index in [2.05, 4.69) is 16.7 Å². The van der Waals surface area contributed by atoms with Gasteiger partial charge in [0, 0.05) is 53.6 Å². The van der Waals surface area contributed by atoms with E-state index in [0.717, 1.165) is 22.0 Å². The highest BCUT2D eigenvalue weighted by atomic mass is 35.5. The van der Waals surface area contributed by atoms with E-state index in [0.29, 0.717) is 77.5 Å². The van der Waals surface area contributed by atoms with Gasteiger partial charge in [-0.05, 0) is 123 Å². The van der Waals surface area contributed by atoms with E-state index in [1.807, 2.05) is 49.1 Å². The van der Waals surface area contributed by atoms with Crippen LogP contribution in [0.3, 0.4) is 0 Å². The summed E-state index contributed by atoms with van der Waals surface area (Å²) in [5, 5.41) is 26.4. The minimum absolute atomic E-state index is 0.0366. The number of hydrogen-bond donors (Lipinski definition) is 4. The van der Waals surface area contributed by atoms with Gasteiger partial charge in [0.15, 0.2) is 12.2 Å². The van der Waals surface area contributed by atoms with Crippen LogP contribution >= 0.6 is 11.6 Å². The molecule has 20 heteroatoms. The summed E-state index contributed by atoms with van der Waals surface area (Å²) in [6, 6.07) is 21.8. The third-order valence-corrected chi connectivity index (χ3v) is 17.2. The number of aliphatic carboxylic acids is 2. The Morgan fingerprint density at radius 2 is 1.81 bits per heavy atom. The monoisotopic (exact) mass is 1020 g/mol. The number of nitrogens with zero attached hydrogens (tertiary/aromatic N) is 4. The highest BCUT2D eigenvalue weighted by molar-refractivity contribution is 7.88. The number of amides is 3. The number of rotatable bonds is 14. The van der Waals surface area contributed by atoms with Crippen molar-refractivity contribution < 1.29 is 56.5 Å². The number of fused-ring (bicyclic) bond motifs is 4. The van der Waals surface area contributed by atoms with Gasteiger partial charge in [-0.15, -0.1) is 0 Å². The third kappa shape index (κ3) is 8.96. The second-order valence-corrected chi connectivity index (χ2v) is 22.1. The zero-order valence-corrected chi connectivity index (χ0v) is 41.5. The molecule has 4 aromatic carbocycles. The van der Waals surface area contributed by atoms with Crippen LogP contribution in [-0.2, 0) is 44.4 Å². The number of piperidine rings is 3. The third-order valence-electron chi connectivity index (χ3n) is 14.7. The zero-order valence-electron chi connectivity index (χ0n) is 39.9. The average Bonchev–Trinajstić information content (AvgIpc) is 3.89. The van der Waals surface area contributed by atoms with E-state index in [-0.39, 0.29) is 77.4 Å². The van der Waals surface area contributed by atoms with E-state index in [1.165, 1.54) is 11.8 Å². The molecule has 6 aliphatic heterocycles. The van der Waals surface area contributed by atoms with Gasteiger partial charge in [0.1, 0.15) is 23.5 Å². The maximum atomic E-state index is 14.2. The highest BCUT2D eigenvalue weighted by Crippen LogP contribution is 2.49. The number of carbonyl (C=O) groups excluding carboxylic acids is 3. The quantitative estimate of drug-likeness (QED) is 0.0369. The lowest BCUT2D eigenvalue weighted by Crippen LogP contribution is -2.55. The number of benzene rings is 4. The molecule has 1 aromatic heterocycles. The van der Waals surface area contributed by atoms with Gasteiger partial charge in [-0.25, -0.2) is 18.0 Å². The predicted octanol–water partition coefficient (Wildman–Crippen LogP) is 7.33. The van der Waals surface area contributed by atoms with Gasteiger partial charge in [-0.3, -0.25) is 29.5 Å². The molecule has 376 valence electrons. The number of oxazole rings is 1. The summed E-state index contributed by atoms with van der Waals surface area (Å²) >= 11 is 6.62. The van der Waals surface area contributed by atoms with E-state index in [4.69, 9.17) is 35.6 Å². The Kier molecular flexibility index (Phi) is 12.7. The second kappa shape index (κ2) is 18.7. The highest BCUT2D eigenvalue weighted by Gasteiger charge is 2.47. The topological polar surface area (TPSA) is 238 Å². The molecular formula is C52H53ClN6O12S. The largest absolute Gasteiger partial charge is 0.480 e. The van der Waals surface area contributed by atoms with E-state index in [9.17, 15) is 37.5 Å². The molecule has 0 radical (unpaired) electrons. The molecular weight excluding hydrogens is 968 g/mol. The molecule has 72 heavy (non-hydrogen) atoms. The summed E-state index contributed by atoms with van der Waals surface area (Å²) in [5.74, 6) is -3.96. The first kappa shape index (κ1) is 48.8. The molecule has 4 N–H and O–H groups in total. The number of halogens is 1. The Bertz CT molecular complexity index is 3300. The van der Waals surface area contributed by atoms with Crippen LogP contribution in [0.2, 0.25) is 0 Å². The van der Waals surface area contributed by atoms with Crippen molar-refractivity contribution in [3.05, 3.63) is 111 Å². The molecule has 0 spiro atoms. The molecule has 5 atom stereocenters. The van der Waals surface area contributed by atoms with Crippen molar-refractivity contribution in [3.63, 3.8) is 0 Å². The fraction of sp³-hybridized carbons (Fsp3) is 0.385. The Hall–Kier alpha value is -6.80. The summed E-state index contributed by atoms with van der Waals surface area (Å²) in [6.07, 6.45) is 1.73. The molecule has 6 aliphatic rings. The van der Waals surface area contributed by atoms with Gasteiger partial charge in [0.2, 0.25) is 21.8 Å². The summed E-state index contributed by atoms with van der Waals surface area (Å²) in [7, 11) is -3.80. The second-order valence-electron chi connectivity index (χ2n) is 19.8. The number of aromatic nitrogens is 1. The van der Waals surface area contributed by atoms with Crippen LogP contribution in [-0.4, -0.2) is 108 Å². The Morgan fingerprint density at radius 1 is 1.01 bits per heavy atom. The molecule has 0 saturated carbocycles. The normalized spacial score (nSPS) is 23.8. The Labute approximate surface area is 419 Å². The van der Waals surface area contributed by atoms with Gasteiger partial charge < -0.3 is 29.4 Å². The van der Waals surface area contributed by atoms with Crippen LogP contribution in [0.15, 0.2) is 93.6 Å². The van der Waals surface area contributed by atoms with Gasteiger partial charge in [-0.1, -0.05) is 48.0 Å². The smallest absolute Gasteiger partial charge is 0.341 e. The summed E-state index contributed by atoms with van der Waals surface area (Å²) in [4.78, 5) is 70.0. The van der Waals surface area contributed by atoms with Crippen LogP contribution in [0, 0.1) is 5.92 Å². The molecule has 5 fully saturated rings. The van der Waals surface area contributed by atoms with E-state index < -0.39 is 46.1 Å². The first-order valence-electron chi connectivity index (χ1n) is 23.8. The summed E-state index contributed by atoms with van der Waals surface area (Å²) in [5.41, 5.74) is 4.79. The van der Waals surface area contributed by atoms with Crippen LogP contribution < -0.4 is 20.4 Å². The van der Waals surface area contributed by atoms with Crippen molar-refractivity contribution in [2.45, 2.75) is 95.3 Å². The Morgan fingerprint density at radius 3 is 2.53 bits per heavy atom. The van der Waals surface area contributed by atoms with Gasteiger partial charge in [-0.2, -0.15) is 9.29 Å². The van der Waals surface area contributed by atoms with Crippen LogP contribution in [0.4, 0.5) is 17.4 Å². The van der Waals surface area contributed by atoms with Crippen LogP contribution in [0.5, 0.6) is 0 Å². The minimum atomic E-state index is -3.80. The fourth-order valence-corrected chi connectivity index (χ4v) is 13.5. The van der Waals surface area contributed by atoms with Gasteiger partial charge >= 0.3 is 11.9 Å². The van der Waals surface area contributed by atoms with Crippen molar-refractivity contribution in [2.24, 2.45) is 5.92 Å². The number of nitrogens with one attached hydrogen (secondary N) is 2. The van der Waals surface area contributed by atoms with Crippen molar-refractivity contribution in [2.75, 3.05) is 41.4 Å². The predicted molar refractivity (Wildman–Crippen MR) is 268 cm³/mol. The number of sulfonamides is 1. The molecule has 5 unspecified atom stereocenters. The Balaban J connectivity index is 0.799. The molecule has 5 aromatic rings. The van der Waals surface area contributed by atoms with Crippen LogP contribution in [0.25, 0.3) is 27.4 Å². The summed E-state index contributed by atoms with van der Waals surface area (Å²) < 4.78 is 47.9. The molecule has 18 nitrogen and oxygen atoms in total. The number of imide groups is 1. The van der Waals surface area contributed by atoms with Crippen molar-refractivity contribution in [1.82, 2.24) is 14.6 Å². The summed E-state index contributed by atoms with van der Waals surface area (Å²) in [6.45, 7) is 7.41.